The molecule has 0 aliphatic carbocycles. The quantitative estimate of drug-likeness (QED) is 0.0794. The van der Waals surface area contributed by atoms with Crippen molar-refractivity contribution in [1.29, 1.82) is 0 Å². The lowest BCUT2D eigenvalue weighted by molar-refractivity contribution is -0.139. The minimum atomic E-state index is -0.377. The molecule has 2 N–H and O–H groups in total. The topological polar surface area (TPSA) is 167 Å². The fraction of sp³-hybridized carbons (Fsp3) is 0.613. The Morgan fingerprint density at radius 1 is 0.588 bits per heavy atom. The van der Waals surface area contributed by atoms with E-state index < -0.39 is 0 Å². The van der Waals surface area contributed by atoms with Gasteiger partial charge in [0.25, 0.3) is 23.6 Å². The molecule has 2 rings (SSSR count). The second kappa shape index (κ2) is 33.9. The molecule has 0 aromatic heterocycles. The number of carbonyl (C=O) groups is 8. The van der Waals surface area contributed by atoms with Crippen molar-refractivity contribution >= 4 is 123 Å². The smallest absolute Gasteiger partial charge is 0.253 e. The van der Waals surface area contributed by atoms with Crippen molar-refractivity contribution in [2.45, 2.75) is 87.5 Å². The van der Waals surface area contributed by atoms with E-state index in [-0.39, 0.29) is 107 Å². The second-order valence-electron chi connectivity index (χ2n) is 10.3. The van der Waals surface area contributed by atoms with Gasteiger partial charge in [-0.15, -0.1) is 0 Å². The van der Waals surface area contributed by atoms with Gasteiger partial charge in [0.1, 0.15) is 0 Å². The highest BCUT2D eigenvalue weighted by Gasteiger charge is 2.24. The first-order valence-corrected chi connectivity index (χ1v) is 23.2. The Labute approximate surface area is 329 Å². The number of hydrogen-bond donors (Lipinski definition) is 2. The van der Waals surface area contributed by atoms with Gasteiger partial charge in [-0.3, -0.25) is 48.2 Å². The standard InChI is InChI=1S/2C14H19N2O4PS.3CH4.P2S2/c2*1-10(14(20)21-22)4-2-3-8-15-11(17)7-9-16-12(18)5-6-13(16)19;;;;3-1-2-4/h2*5-6,10H,2-4,7-9H2,1H3,(H,15,17);3*1H4;. The molecule has 51 heavy (non-hydrogen) atoms. The van der Waals surface area contributed by atoms with Gasteiger partial charge in [0.05, 0.1) is 14.7 Å². The summed E-state index contributed by atoms with van der Waals surface area (Å²) in [6, 6.07) is 0. The van der Waals surface area contributed by atoms with E-state index >= 15 is 0 Å². The minimum Gasteiger partial charge on any atom is -0.356 e. The monoisotopic (exact) mass is 858 g/mol. The lowest BCUT2D eigenvalue weighted by Gasteiger charge is -2.13. The van der Waals surface area contributed by atoms with Crippen molar-refractivity contribution in [2.24, 2.45) is 11.8 Å². The van der Waals surface area contributed by atoms with Crippen molar-refractivity contribution in [3.05, 3.63) is 24.3 Å². The molecular weight excluding hydrogens is 809 g/mol. The fourth-order valence-corrected chi connectivity index (χ4v) is 5.64. The number of imide groups is 2. The molecule has 0 fully saturated rings. The molecule has 0 radical (unpaired) electrons. The third kappa shape index (κ3) is 25.7. The van der Waals surface area contributed by atoms with E-state index in [4.69, 9.17) is 0 Å². The van der Waals surface area contributed by atoms with Crippen LogP contribution in [-0.2, 0) is 85.6 Å². The summed E-state index contributed by atoms with van der Waals surface area (Å²) in [6.07, 6.45) is 9.76. The van der Waals surface area contributed by atoms with Crippen LogP contribution in [-0.4, -0.2) is 82.5 Å². The molecule has 0 saturated heterocycles. The molecule has 2 atom stereocenters. The molecule has 0 bridgehead atoms. The average Bonchev–Trinajstić information content (AvgIpc) is 3.58. The number of carbonyl (C=O) groups excluding carboxylic acids is 8. The first-order chi connectivity index (χ1) is 22.8. The maximum atomic E-state index is 11.6. The molecule has 0 spiro atoms. The molecular formula is C31H50N4O8P4S4. The van der Waals surface area contributed by atoms with E-state index in [1.165, 1.54) is 24.3 Å². The van der Waals surface area contributed by atoms with Crippen molar-refractivity contribution in [3.63, 3.8) is 0 Å². The summed E-state index contributed by atoms with van der Waals surface area (Å²) >= 11 is 18.2. The SMILES string of the molecule is C.C.C.CC(CCCCNC(=O)CCN1C(=O)C=CC1=O)C(=O)P=S.CC(CCCCNC(=O)CCN1C(=O)C=CC1=O)C(=O)P=S.S=PP=S. The largest absolute Gasteiger partial charge is 0.356 e. The van der Waals surface area contributed by atoms with Crippen molar-refractivity contribution in [3.8, 4) is 0 Å². The highest BCUT2D eigenvalue weighted by atomic mass is 32.7. The predicted molar refractivity (Wildman–Crippen MR) is 220 cm³/mol. The number of nitrogens with zero attached hydrogens (tertiary/aromatic N) is 2. The molecule has 286 valence electrons. The van der Waals surface area contributed by atoms with E-state index in [1.807, 2.05) is 13.8 Å². The Hall–Kier alpha value is -1.88. The molecule has 0 aromatic rings. The number of rotatable bonds is 21. The van der Waals surface area contributed by atoms with Crippen LogP contribution in [0.25, 0.3) is 0 Å². The first kappa shape index (κ1) is 55.9. The summed E-state index contributed by atoms with van der Waals surface area (Å²) in [4.78, 5) is 93.1. The van der Waals surface area contributed by atoms with Crippen LogP contribution in [0.2, 0.25) is 0 Å². The van der Waals surface area contributed by atoms with E-state index in [1.54, 1.807) is 0 Å². The maximum absolute atomic E-state index is 11.6. The van der Waals surface area contributed by atoms with E-state index in [0.29, 0.717) is 27.8 Å². The van der Waals surface area contributed by atoms with Crippen LogP contribution < -0.4 is 10.6 Å². The van der Waals surface area contributed by atoms with Crippen LogP contribution in [0.4, 0.5) is 0 Å². The third-order valence-electron chi connectivity index (χ3n) is 6.75. The van der Waals surface area contributed by atoms with Gasteiger partial charge < -0.3 is 10.6 Å². The van der Waals surface area contributed by atoms with Crippen LogP contribution >= 0.6 is 28.8 Å². The van der Waals surface area contributed by atoms with Gasteiger partial charge in [0.15, 0.2) is 11.0 Å². The molecule has 0 aromatic carbocycles. The number of amides is 6. The Kier molecular flexibility index (Phi) is 37.2. The van der Waals surface area contributed by atoms with Crippen molar-refractivity contribution in [2.75, 3.05) is 26.2 Å². The Morgan fingerprint density at radius 3 is 1.14 bits per heavy atom. The average molecular weight is 859 g/mol. The first-order valence-electron chi connectivity index (χ1n) is 14.8. The summed E-state index contributed by atoms with van der Waals surface area (Å²) in [5, 5.41) is 5.47. The maximum Gasteiger partial charge on any atom is 0.253 e. The highest BCUT2D eigenvalue weighted by molar-refractivity contribution is 8.40. The van der Waals surface area contributed by atoms with E-state index in [9.17, 15) is 38.4 Å². The van der Waals surface area contributed by atoms with E-state index in [2.05, 4.69) is 57.9 Å². The molecule has 2 aliphatic heterocycles. The zero-order valence-electron chi connectivity index (χ0n) is 26.5. The van der Waals surface area contributed by atoms with Crippen LogP contribution in [0, 0.1) is 11.8 Å². The number of unbranched alkanes of at least 4 members (excludes halogenated alkanes) is 2. The summed E-state index contributed by atoms with van der Waals surface area (Å²) in [5.41, 5.74) is 0.125. The fourth-order valence-electron chi connectivity index (χ4n) is 3.94. The van der Waals surface area contributed by atoms with Gasteiger partial charge in [0.2, 0.25) is 11.8 Å². The highest BCUT2D eigenvalue weighted by Crippen LogP contribution is 2.15. The van der Waals surface area contributed by atoms with E-state index in [0.717, 1.165) is 62.4 Å². The molecule has 20 heteroatoms. The zero-order valence-corrected chi connectivity index (χ0v) is 33.4. The van der Waals surface area contributed by atoms with Crippen LogP contribution in [0.3, 0.4) is 0 Å². The van der Waals surface area contributed by atoms with Crippen LogP contribution in [0.15, 0.2) is 24.3 Å². The van der Waals surface area contributed by atoms with Gasteiger partial charge in [-0.25, -0.2) is 0 Å². The van der Waals surface area contributed by atoms with Crippen molar-refractivity contribution < 1.29 is 38.4 Å². The van der Waals surface area contributed by atoms with Gasteiger partial charge in [-0.2, -0.15) is 0 Å². The summed E-state index contributed by atoms with van der Waals surface area (Å²) < 4.78 is 0. The predicted octanol–water partition coefficient (Wildman–Crippen LogP) is 5.94. The molecule has 2 aliphatic rings. The van der Waals surface area contributed by atoms with Crippen molar-refractivity contribution in [1.82, 2.24) is 20.4 Å². The Morgan fingerprint density at radius 2 is 0.882 bits per heavy atom. The second-order valence-corrected chi connectivity index (χ2v) is 16.9. The summed E-state index contributed by atoms with van der Waals surface area (Å²) in [6.45, 7) is 4.95. The Bertz CT molecular complexity index is 1170. The molecule has 2 unspecified atom stereocenters. The zero-order chi connectivity index (χ0) is 36.5. The minimum absolute atomic E-state index is 0. The molecule has 6 amide bonds. The van der Waals surface area contributed by atoms with Crippen LogP contribution in [0.5, 0.6) is 0 Å². The lowest BCUT2D eigenvalue weighted by atomic mass is 10.1. The van der Waals surface area contributed by atoms with Gasteiger partial charge in [-0.05, 0) is 72.9 Å². The number of nitrogens with one attached hydrogen (secondary N) is 2. The molecule has 12 nitrogen and oxygen atoms in total. The lowest BCUT2D eigenvalue weighted by Crippen LogP contribution is -2.34. The molecule has 0 saturated carbocycles. The Balaban J connectivity index is -0.000000372. The normalized spacial score (nSPS) is 14.0. The summed E-state index contributed by atoms with van der Waals surface area (Å²) in [5.74, 6) is -1.96. The number of hydrogen-bond acceptors (Lipinski definition) is 12. The third-order valence-corrected chi connectivity index (χ3v) is 11.7. The van der Waals surface area contributed by atoms with Gasteiger partial charge in [0, 0.05) is 89.2 Å². The molecule has 2 heterocycles. The van der Waals surface area contributed by atoms with Gasteiger partial charge >= 0.3 is 0 Å². The van der Waals surface area contributed by atoms with Crippen LogP contribution in [0.1, 0.15) is 87.5 Å². The summed E-state index contributed by atoms with van der Waals surface area (Å²) in [7, 11) is 2.50. The van der Waals surface area contributed by atoms with Gasteiger partial charge in [-0.1, -0.05) is 49.0 Å².